The summed E-state index contributed by atoms with van der Waals surface area (Å²) in [6.07, 6.45) is 2.29. The lowest BCUT2D eigenvalue weighted by molar-refractivity contribution is -0.125. The smallest absolute Gasteiger partial charge is 0.317 e. The molecule has 2 atom stereocenters. The summed E-state index contributed by atoms with van der Waals surface area (Å²) in [5.74, 6) is 0.127. The third kappa shape index (κ3) is 3.28. The van der Waals surface area contributed by atoms with Crippen LogP contribution in [0.3, 0.4) is 0 Å². The van der Waals surface area contributed by atoms with Gasteiger partial charge in [-0.3, -0.25) is 0 Å². The zero-order valence-electron chi connectivity index (χ0n) is 13.1. The van der Waals surface area contributed by atoms with Gasteiger partial charge in [-0.15, -0.1) is 5.10 Å². The van der Waals surface area contributed by atoms with E-state index in [1.807, 2.05) is 13.0 Å². The Hall–Kier alpha value is -2.18. The maximum absolute atomic E-state index is 12.3. The number of hydrogen-bond acceptors (Lipinski definition) is 6. The van der Waals surface area contributed by atoms with E-state index in [4.69, 9.17) is 14.7 Å². The summed E-state index contributed by atoms with van der Waals surface area (Å²) in [7, 11) is 0. The van der Waals surface area contributed by atoms with Crippen molar-refractivity contribution in [3.8, 4) is 6.07 Å². The number of rotatable bonds is 3. The van der Waals surface area contributed by atoms with Gasteiger partial charge in [0.2, 0.25) is 0 Å². The molecule has 2 amide bonds. The van der Waals surface area contributed by atoms with Gasteiger partial charge in [0.05, 0.1) is 25.8 Å². The molecule has 2 aliphatic heterocycles. The van der Waals surface area contributed by atoms with Crippen molar-refractivity contribution >= 4 is 6.03 Å². The number of urea groups is 1. The summed E-state index contributed by atoms with van der Waals surface area (Å²) in [6, 6.07) is 1.75. The van der Waals surface area contributed by atoms with E-state index in [1.54, 1.807) is 4.90 Å². The first-order valence-electron chi connectivity index (χ1n) is 7.71. The van der Waals surface area contributed by atoms with Gasteiger partial charge in [0, 0.05) is 26.1 Å². The molecule has 3 heterocycles. The van der Waals surface area contributed by atoms with E-state index in [2.05, 4.69) is 15.4 Å². The first-order chi connectivity index (χ1) is 11.1. The number of carbonyl (C=O) groups excluding carboxylic acids is 1. The number of nitrogens with one attached hydrogen (secondary N) is 1. The highest BCUT2D eigenvalue weighted by molar-refractivity contribution is 5.74. The Morgan fingerprint density at radius 2 is 2.48 bits per heavy atom. The number of nitrogens with zero attached hydrogens (tertiary/aromatic N) is 5. The molecule has 1 aromatic heterocycles. The zero-order chi connectivity index (χ0) is 16.3. The highest BCUT2D eigenvalue weighted by atomic mass is 16.6. The predicted octanol–water partition coefficient (Wildman–Crippen LogP) is -0.261. The van der Waals surface area contributed by atoms with Crippen molar-refractivity contribution in [3.63, 3.8) is 0 Å². The Labute approximate surface area is 134 Å². The Balaban J connectivity index is 1.49. The van der Waals surface area contributed by atoms with Gasteiger partial charge in [-0.25, -0.2) is 14.5 Å². The van der Waals surface area contributed by atoms with Crippen LogP contribution in [0.5, 0.6) is 0 Å². The molecule has 1 spiro atoms. The summed E-state index contributed by atoms with van der Waals surface area (Å²) in [5.41, 5.74) is -0.372. The lowest BCUT2D eigenvalue weighted by Gasteiger charge is -2.41. The van der Waals surface area contributed by atoms with Crippen LogP contribution < -0.4 is 5.32 Å². The van der Waals surface area contributed by atoms with Gasteiger partial charge in [-0.2, -0.15) is 5.26 Å². The number of aromatic nitrogens is 3. The second kappa shape index (κ2) is 6.52. The highest BCUT2D eigenvalue weighted by Gasteiger charge is 2.46. The molecule has 3 rings (SSSR count). The van der Waals surface area contributed by atoms with Crippen LogP contribution in [0, 0.1) is 11.3 Å². The molecule has 9 nitrogen and oxygen atoms in total. The fraction of sp³-hybridized carbons (Fsp3) is 0.714. The van der Waals surface area contributed by atoms with Crippen LogP contribution in [0.1, 0.15) is 19.2 Å². The van der Waals surface area contributed by atoms with Gasteiger partial charge in [-0.05, 0) is 6.92 Å². The second-order valence-corrected chi connectivity index (χ2v) is 5.77. The molecule has 9 heteroatoms. The van der Waals surface area contributed by atoms with Crippen LogP contribution in [0.2, 0.25) is 0 Å². The summed E-state index contributed by atoms with van der Waals surface area (Å²) in [4.78, 5) is 17.9. The zero-order valence-corrected chi connectivity index (χ0v) is 13.1. The summed E-state index contributed by atoms with van der Waals surface area (Å²) in [6.45, 7) is 5.19. The minimum absolute atomic E-state index is 0.00217. The van der Waals surface area contributed by atoms with Gasteiger partial charge >= 0.3 is 6.03 Å². The van der Waals surface area contributed by atoms with Crippen LogP contribution in [0.25, 0.3) is 0 Å². The molecule has 23 heavy (non-hydrogen) atoms. The molecule has 2 unspecified atom stereocenters. The Bertz CT molecular complexity index is 612. The Kier molecular flexibility index (Phi) is 4.45. The van der Waals surface area contributed by atoms with Crippen molar-refractivity contribution in [3.05, 3.63) is 12.2 Å². The van der Waals surface area contributed by atoms with Crippen LogP contribution >= 0.6 is 0 Å². The quantitative estimate of drug-likeness (QED) is 0.822. The van der Waals surface area contributed by atoms with Gasteiger partial charge in [0.1, 0.15) is 18.0 Å². The van der Waals surface area contributed by atoms with Gasteiger partial charge in [0.15, 0.2) is 0 Å². The molecular weight excluding hydrogens is 300 g/mol. The molecule has 0 aromatic carbocycles. The topological polar surface area (TPSA) is 105 Å². The molecule has 0 saturated carbocycles. The Morgan fingerprint density at radius 3 is 3.17 bits per heavy atom. The number of carbonyl (C=O) groups is 1. The third-order valence-corrected chi connectivity index (χ3v) is 4.38. The monoisotopic (exact) mass is 320 g/mol. The van der Waals surface area contributed by atoms with Crippen LogP contribution in [-0.2, 0) is 16.0 Å². The first kappa shape index (κ1) is 15.7. The van der Waals surface area contributed by atoms with E-state index >= 15 is 0 Å². The molecule has 0 bridgehead atoms. The number of amides is 2. The van der Waals surface area contributed by atoms with E-state index in [9.17, 15) is 4.79 Å². The molecule has 0 aliphatic carbocycles. The van der Waals surface area contributed by atoms with Gasteiger partial charge in [-0.1, -0.05) is 0 Å². The van der Waals surface area contributed by atoms with Crippen molar-refractivity contribution in [1.82, 2.24) is 25.0 Å². The van der Waals surface area contributed by atoms with Crippen LogP contribution in [0.4, 0.5) is 4.79 Å². The Morgan fingerprint density at radius 1 is 1.61 bits per heavy atom. The second-order valence-electron chi connectivity index (χ2n) is 5.77. The molecule has 2 fully saturated rings. The highest BCUT2D eigenvalue weighted by Crippen LogP contribution is 2.32. The molecular formula is C14H20N6O3. The average molecular weight is 320 g/mol. The number of nitriles is 1. The van der Waals surface area contributed by atoms with E-state index in [1.165, 1.54) is 11.0 Å². The summed E-state index contributed by atoms with van der Waals surface area (Å²) in [5, 5.41) is 15.5. The molecule has 2 aliphatic rings. The van der Waals surface area contributed by atoms with Crippen molar-refractivity contribution in [2.45, 2.75) is 31.6 Å². The molecule has 124 valence electrons. The molecule has 2 saturated heterocycles. The maximum Gasteiger partial charge on any atom is 0.317 e. The van der Waals surface area contributed by atoms with Crippen molar-refractivity contribution in [2.75, 3.05) is 32.8 Å². The minimum atomic E-state index is -0.372. The van der Waals surface area contributed by atoms with Crippen molar-refractivity contribution < 1.29 is 14.3 Å². The summed E-state index contributed by atoms with van der Waals surface area (Å²) >= 11 is 0. The maximum atomic E-state index is 12.3. The number of morpholine rings is 1. The number of hydrogen-bond donors (Lipinski definition) is 1. The van der Waals surface area contributed by atoms with Crippen molar-refractivity contribution in [1.29, 1.82) is 5.26 Å². The largest absolute Gasteiger partial charge is 0.375 e. The SMILES string of the molecule is CC1OCCC12CN(C(=O)NCCn1cnc(C#N)n1)CCO2. The first-order valence-corrected chi connectivity index (χ1v) is 7.71. The number of ether oxygens (including phenoxy) is 2. The lowest BCUT2D eigenvalue weighted by atomic mass is 9.94. The summed E-state index contributed by atoms with van der Waals surface area (Å²) < 4.78 is 13.0. The van der Waals surface area contributed by atoms with Gasteiger partial charge < -0.3 is 19.7 Å². The van der Waals surface area contributed by atoms with E-state index in [0.29, 0.717) is 39.4 Å². The average Bonchev–Trinajstić information content (AvgIpc) is 3.15. The standard InChI is InChI=1S/C14H20N6O3/c1-11-14(2-6-22-11)9-19(5-7-23-14)13(21)16-3-4-20-10-17-12(8-15)18-20/h10-11H,2-7,9H2,1H3,(H,16,21). The third-order valence-electron chi connectivity index (χ3n) is 4.38. The lowest BCUT2D eigenvalue weighted by Crippen LogP contribution is -2.58. The molecule has 1 N–H and O–H groups in total. The minimum Gasteiger partial charge on any atom is -0.375 e. The fourth-order valence-corrected chi connectivity index (χ4v) is 2.98. The normalized spacial score (nSPS) is 27.1. The van der Waals surface area contributed by atoms with Crippen LogP contribution in [-0.4, -0.2) is 70.2 Å². The fourth-order valence-electron chi connectivity index (χ4n) is 2.98. The van der Waals surface area contributed by atoms with E-state index in [0.717, 1.165) is 6.42 Å². The van der Waals surface area contributed by atoms with Crippen molar-refractivity contribution in [2.24, 2.45) is 0 Å². The van der Waals surface area contributed by atoms with E-state index in [-0.39, 0.29) is 23.6 Å². The van der Waals surface area contributed by atoms with E-state index < -0.39 is 0 Å². The molecule has 1 aromatic rings. The molecule has 0 radical (unpaired) electrons. The predicted molar refractivity (Wildman–Crippen MR) is 78.4 cm³/mol. The van der Waals surface area contributed by atoms with Gasteiger partial charge in [0.25, 0.3) is 5.82 Å². The van der Waals surface area contributed by atoms with Crippen LogP contribution in [0.15, 0.2) is 6.33 Å².